The molecule has 0 spiro atoms. The number of hydrogen-bond donors (Lipinski definition) is 2. The summed E-state index contributed by atoms with van der Waals surface area (Å²) < 4.78 is 28.7. The number of rotatable bonds is 4. The molecule has 0 bridgehead atoms. The number of hydrogen-bond acceptors (Lipinski definition) is 3. The van der Waals surface area contributed by atoms with Crippen molar-refractivity contribution in [2.45, 2.75) is 30.6 Å². The molecule has 3 aromatic rings. The topological polar surface area (TPSA) is 83.5 Å². The summed E-state index contributed by atoms with van der Waals surface area (Å²) in [6.07, 6.45) is 4.12. The molecule has 6 heteroatoms. The van der Waals surface area contributed by atoms with E-state index < -0.39 is 16.0 Å². The van der Waals surface area contributed by atoms with Gasteiger partial charge in [0.15, 0.2) is 0 Å². The summed E-state index contributed by atoms with van der Waals surface area (Å²) in [6, 6.07) is 18.5. The first-order valence-electron chi connectivity index (χ1n) is 10.0. The minimum Gasteiger partial charge on any atom is -0.478 e. The van der Waals surface area contributed by atoms with Gasteiger partial charge in [-0.3, -0.25) is 4.72 Å². The fourth-order valence-corrected chi connectivity index (χ4v) is 4.73. The molecule has 0 heterocycles. The molecule has 0 saturated heterocycles. The predicted octanol–water partition coefficient (Wildman–Crippen LogP) is 4.46. The van der Waals surface area contributed by atoms with Crippen LogP contribution in [0.25, 0.3) is 0 Å². The molecule has 0 radical (unpaired) electrons. The Kier molecular flexibility index (Phi) is 5.79. The Bertz CT molecular complexity index is 1300. The number of para-hydroxylation sites is 1. The summed E-state index contributed by atoms with van der Waals surface area (Å²) >= 11 is 0. The van der Waals surface area contributed by atoms with Crippen molar-refractivity contribution < 1.29 is 18.3 Å². The van der Waals surface area contributed by atoms with Gasteiger partial charge in [-0.2, -0.15) is 0 Å². The molecule has 31 heavy (non-hydrogen) atoms. The van der Waals surface area contributed by atoms with Crippen LogP contribution in [0.4, 0.5) is 5.69 Å². The van der Waals surface area contributed by atoms with Crippen LogP contribution in [0.3, 0.4) is 0 Å². The highest BCUT2D eigenvalue weighted by molar-refractivity contribution is 7.92. The van der Waals surface area contributed by atoms with Crippen molar-refractivity contribution >= 4 is 21.7 Å². The van der Waals surface area contributed by atoms with Crippen LogP contribution in [0.1, 0.15) is 45.5 Å². The second-order valence-corrected chi connectivity index (χ2v) is 9.10. The standard InChI is InChI=1S/C25H21NO4S/c27-25(28)21-13-10-18(11-14-21)9-12-20-6-3-4-8-24(20)26-31(29,30)23-16-15-19-5-1-2-7-22(19)17-23/h3-4,6,8,10-11,13-17,26H,1-2,5,7H2,(H,27,28). The van der Waals surface area contributed by atoms with E-state index in [9.17, 15) is 13.2 Å². The molecule has 4 rings (SSSR count). The summed E-state index contributed by atoms with van der Waals surface area (Å²) in [5.74, 6) is 4.94. The highest BCUT2D eigenvalue weighted by Gasteiger charge is 2.18. The Balaban J connectivity index is 1.60. The van der Waals surface area contributed by atoms with Crippen LogP contribution in [-0.2, 0) is 22.9 Å². The molecule has 0 aromatic heterocycles. The summed E-state index contributed by atoms with van der Waals surface area (Å²) in [5, 5.41) is 8.99. The Morgan fingerprint density at radius 2 is 1.58 bits per heavy atom. The van der Waals surface area contributed by atoms with E-state index in [2.05, 4.69) is 16.6 Å². The number of nitrogens with one attached hydrogen (secondary N) is 1. The predicted molar refractivity (Wildman–Crippen MR) is 120 cm³/mol. The number of fused-ring (bicyclic) bond motifs is 1. The molecule has 0 amide bonds. The van der Waals surface area contributed by atoms with Gasteiger partial charge in [0, 0.05) is 11.1 Å². The highest BCUT2D eigenvalue weighted by Crippen LogP contribution is 2.26. The number of aryl methyl sites for hydroxylation is 2. The van der Waals surface area contributed by atoms with Crippen LogP contribution >= 0.6 is 0 Å². The van der Waals surface area contributed by atoms with Gasteiger partial charge in [-0.25, -0.2) is 13.2 Å². The molecular weight excluding hydrogens is 410 g/mol. The third-order valence-electron chi connectivity index (χ3n) is 5.28. The molecule has 0 unspecified atom stereocenters. The van der Waals surface area contributed by atoms with Gasteiger partial charge in [-0.05, 0) is 85.3 Å². The lowest BCUT2D eigenvalue weighted by Crippen LogP contribution is -2.15. The lowest BCUT2D eigenvalue weighted by Gasteiger charge is -2.17. The van der Waals surface area contributed by atoms with Crippen molar-refractivity contribution in [3.05, 3.63) is 94.5 Å². The van der Waals surface area contributed by atoms with Crippen molar-refractivity contribution in [1.29, 1.82) is 0 Å². The number of benzene rings is 3. The molecule has 3 aromatic carbocycles. The second kappa shape index (κ2) is 8.66. The molecular formula is C25H21NO4S. The van der Waals surface area contributed by atoms with Crippen molar-refractivity contribution in [3.63, 3.8) is 0 Å². The first kappa shape index (κ1) is 20.7. The van der Waals surface area contributed by atoms with Crippen LogP contribution in [-0.4, -0.2) is 19.5 Å². The zero-order valence-electron chi connectivity index (χ0n) is 16.8. The van der Waals surface area contributed by atoms with E-state index in [1.165, 1.54) is 17.7 Å². The maximum Gasteiger partial charge on any atom is 0.335 e. The molecule has 0 atom stereocenters. The van der Waals surface area contributed by atoms with Crippen molar-refractivity contribution in [2.75, 3.05) is 4.72 Å². The van der Waals surface area contributed by atoms with Gasteiger partial charge in [0.05, 0.1) is 16.1 Å². The minimum atomic E-state index is -3.75. The number of carbonyl (C=O) groups is 1. The first-order valence-corrected chi connectivity index (χ1v) is 11.5. The highest BCUT2D eigenvalue weighted by atomic mass is 32.2. The Morgan fingerprint density at radius 3 is 2.32 bits per heavy atom. The van der Waals surface area contributed by atoms with Crippen molar-refractivity contribution in [3.8, 4) is 11.8 Å². The van der Waals surface area contributed by atoms with Gasteiger partial charge in [-0.1, -0.05) is 30.0 Å². The number of carboxylic acid groups (broad SMARTS) is 1. The van der Waals surface area contributed by atoms with Gasteiger partial charge in [0.1, 0.15) is 0 Å². The largest absolute Gasteiger partial charge is 0.478 e. The van der Waals surface area contributed by atoms with Gasteiger partial charge < -0.3 is 5.11 Å². The number of carboxylic acids is 1. The summed E-state index contributed by atoms with van der Waals surface area (Å²) in [7, 11) is -3.75. The Labute approximate surface area is 181 Å². The van der Waals surface area contributed by atoms with E-state index in [-0.39, 0.29) is 10.5 Å². The van der Waals surface area contributed by atoms with Crippen LogP contribution < -0.4 is 4.72 Å². The lowest BCUT2D eigenvalue weighted by atomic mass is 9.92. The Morgan fingerprint density at radius 1 is 0.871 bits per heavy atom. The molecule has 0 aliphatic heterocycles. The van der Waals surface area contributed by atoms with E-state index in [0.29, 0.717) is 16.8 Å². The van der Waals surface area contributed by atoms with Gasteiger partial charge in [-0.15, -0.1) is 0 Å². The fraction of sp³-hybridized carbons (Fsp3) is 0.160. The van der Waals surface area contributed by atoms with Crippen LogP contribution in [0.15, 0.2) is 71.6 Å². The van der Waals surface area contributed by atoms with E-state index in [1.54, 1.807) is 48.5 Å². The van der Waals surface area contributed by atoms with E-state index in [1.807, 2.05) is 6.07 Å². The second-order valence-electron chi connectivity index (χ2n) is 7.42. The van der Waals surface area contributed by atoms with E-state index >= 15 is 0 Å². The van der Waals surface area contributed by atoms with Crippen molar-refractivity contribution in [2.24, 2.45) is 0 Å². The van der Waals surface area contributed by atoms with Gasteiger partial charge in [0.2, 0.25) is 0 Å². The fourth-order valence-electron chi connectivity index (χ4n) is 3.60. The quantitative estimate of drug-likeness (QED) is 0.597. The van der Waals surface area contributed by atoms with E-state index in [4.69, 9.17) is 5.11 Å². The zero-order chi connectivity index (χ0) is 21.8. The molecule has 2 N–H and O–H groups in total. The number of aromatic carboxylic acids is 1. The molecule has 0 fully saturated rings. The van der Waals surface area contributed by atoms with Gasteiger partial charge >= 0.3 is 5.97 Å². The third kappa shape index (κ3) is 4.79. The normalized spacial score (nSPS) is 12.9. The first-order chi connectivity index (χ1) is 14.9. The third-order valence-corrected chi connectivity index (χ3v) is 6.64. The Hall–Kier alpha value is -3.56. The smallest absolute Gasteiger partial charge is 0.335 e. The average molecular weight is 432 g/mol. The molecule has 156 valence electrons. The summed E-state index contributed by atoms with van der Waals surface area (Å²) in [6.45, 7) is 0. The molecule has 1 aliphatic carbocycles. The monoisotopic (exact) mass is 431 g/mol. The van der Waals surface area contributed by atoms with Crippen LogP contribution in [0.5, 0.6) is 0 Å². The van der Waals surface area contributed by atoms with Gasteiger partial charge in [0.25, 0.3) is 10.0 Å². The summed E-state index contributed by atoms with van der Waals surface area (Å²) in [4.78, 5) is 11.2. The molecule has 1 aliphatic rings. The maximum absolute atomic E-state index is 13.0. The maximum atomic E-state index is 13.0. The van der Waals surface area contributed by atoms with E-state index in [0.717, 1.165) is 31.2 Å². The number of sulfonamides is 1. The average Bonchev–Trinajstić information content (AvgIpc) is 2.78. The minimum absolute atomic E-state index is 0.184. The molecule has 5 nitrogen and oxygen atoms in total. The SMILES string of the molecule is O=C(O)c1ccc(C#Cc2ccccc2NS(=O)(=O)c2ccc3c(c2)CCCC3)cc1. The number of anilines is 1. The van der Waals surface area contributed by atoms with Crippen LogP contribution in [0.2, 0.25) is 0 Å². The zero-order valence-corrected chi connectivity index (χ0v) is 17.6. The van der Waals surface area contributed by atoms with Crippen LogP contribution in [0, 0.1) is 11.8 Å². The van der Waals surface area contributed by atoms with Crippen molar-refractivity contribution in [1.82, 2.24) is 0 Å². The lowest BCUT2D eigenvalue weighted by molar-refractivity contribution is 0.0697. The molecule has 0 saturated carbocycles. The summed E-state index contributed by atoms with van der Waals surface area (Å²) in [5.41, 5.74) is 4.08.